The summed E-state index contributed by atoms with van der Waals surface area (Å²) in [5, 5.41) is 4.19. The number of esters is 1. The summed E-state index contributed by atoms with van der Waals surface area (Å²) in [7, 11) is 0. The molecule has 0 amide bonds. The van der Waals surface area contributed by atoms with Gasteiger partial charge in [-0.15, -0.1) is 0 Å². The number of aromatic nitrogens is 2. The molecule has 2 N–H and O–H groups in total. The summed E-state index contributed by atoms with van der Waals surface area (Å²) in [5.41, 5.74) is 7.24. The van der Waals surface area contributed by atoms with Crippen molar-refractivity contribution < 1.29 is 14.3 Å². The molecule has 0 bridgehead atoms. The molecule has 100 valence electrons. The lowest BCUT2D eigenvalue weighted by Crippen LogP contribution is -2.20. The van der Waals surface area contributed by atoms with Crippen LogP contribution in [0.25, 0.3) is 0 Å². The van der Waals surface area contributed by atoms with Crippen LogP contribution in [0.1, 0.15) is 35.9 Å². The van der Waals surface area contributed by atoms with E-state index in [2.05, 4.69) is 5.10 Å². The van der Waals surface area contributed by atoms with Crippen molar-refractivity contribution in [1.82, 2.24) is 9.78 Å². The van der Waals surface area contributed by atoms with Crippen LogP contribution in [0.2, 0.25) is 0 Å². The van der Waals surface area contributed by atoms with Gasteiger partial charge in [0, 0.05) is 13.2 Å². The summed E-state index contributed by atoms with van der Waals surface area (Å²) < 4.78 is 12.2. The molecule has 6 heteroatoms. The van der Waals surface area contributed by atoms with Crippen molar-refractivity contribution in [1.29, 1.82) is 0 Å². The lowest BCUT2D eigenvalue weighted by atomic mass is 10.2. The van der Waals surface area contributed by atoms with Gasteiger partial charge in [0.05, 0.1) is 17.5 Å². The Balaban J connectivity index is 2.03. The molecular weight excluding hydrogens is 234 g/mol. The SMILES string of the molecule is CCn1nc(C)c(N)c1C(=O)OCC1CCCO1. The van der Waals surface area contributed by atoms with Gasteiger partial charge in [0.2, 0.25) is 0 Å². The van der Waals surface area contributed by atoms with Crippen LogP contribution in [0.15, 0.2) is 0 Å². The van der Waals surface area contributed by atoms with Crippen molar-refractivity contribution in [2.45, 2.75) is 39.3 Å². The number of hydrogen-bond donors (Lipinski definition) is 1. The van der Waals surface area contributed by atoms with Crippen LogP contribution in [0.5, 0.6) is 0 Å². The quantitative estimate of drug-likeness (QED) is 0.814. The highest BCUT2D eigenvalue weighted by Gasteiger charge is 2.23. The molecule has 18 heavy (non-hydrogen) atoms. The maximum Gasteiger partial charge on any atom is 0.358 e. The Kier molecular flexibility index (Phi) is 3.86. The number of carbonyl (C=O) groups is 1. The van der Waals surface area contributed by atoms with Crippen LogP contribution in [-0.4, -0.2) is 35.1 Å². The summed E-state index contributed by atoms with van der Waals surface area (Å²) in [6.45, 7) is 5.30. The third-order valence-corrected chi connectivity index (χ3v) is 3.09. The maximum absolute atomic E-state index is 12.0. The van der Waals surface area contributed by atoms with Crippen molar-refractivity contribution in [2.24, 2.45) is 0 Å². The molecule has 1 aliphatic heterocycles. The molecule has 1 aromatic rings. The molecular formula is C12H19N3O3. The molecule has 6 nitrogen and oxygen atoms in total. The zero-order chi connectivity index (χ0) is 13.1. The minimum atomic E-state index is -0.426. The second-order valence-electron chi connectivity index (χ2n) is 4.40. The monoisotopic (exact) mass is 253 g/mol. The van der Waals surface area contributed by atoms with Crippen molar-refractivity contribution in [3.05, 3.63) is 11.4 Å². The zero-order valence-corrected chi connectivity index (χ0v) is 10.8. The van der Waals surface area contributed by atoms with Gasteiger partial charge in [-0.05, 0) is 26.7 Å². The molecule has 1 atom stereocenters. The second kappa shape index (κ2) is 5.39. The number of rotatable bonds is 4. The van der Waals surface area contributed by atoms with Crippen LogP contribution in [-0.2, 0) is 16.0 Å². The van der Waals surface area contributed by atoms with E-state index in [0.717, 1.165) is 19.4 Å². The summed E-state index contributed by atoms with van der Waals surface area (Å²) in [4.78, 5) is 12.0. The van der Waals surface area contributed by atoms with Gasteiger partial charge in [0.15, 0.2) is 5.69 Å². The predicted octanol–water partition coefficient (Wildman–Crippen LogP) is 1.13. The van der Waals surface area contributed by atoms with Gasteiger partial charge in [-0.3, -0.25) is 4.68 Å². The van der Waals surface area contributed by atoms with E-state index in [0.29, 0.717) is 23.6 Å². The first-order valence-corrected chi connectivity index (χ1v) is 6.25. The van der Waals surface area contributed by atoms with Crippen molar-refractivity contribution >= 4 is 11.7 Å². The summed E-state index contributed by atoms with van der Waals surface area (Å²) in [5.74, 6) is -0.426. The van der Waals surface area contributed by atoms with Gasteiger partial charge in [-0.2, -0.15) is 5.10 Å². The molecule has 1 aliphatic rings. The number of nitrogens with zero attached hydrogens (tertiary/aromatic N) is 2. The molecule has 1 fully saturated rings. The van der Waals surface area contributed by atoms with E-state index >= 15 is 0 Å². The average Bonchev–Trinajstić information content (AvgIpc) is 2.96. The second-order valence-corrected chi connectivity index (χ2v) is 4.40. The topological polar surface area (TPSA) is 79.4 Å². The van der Waals surface area contributed by atoms with E-state index in [1.54, 1.807) is 11.6 Å². The van der Waals surface area contributed by atoms with Crippen molar-refractivity contribution in [3.63, 3.8) is 0 Å². The molecule has 0 saturated carbocycles. The van der Waals surface area contributed by atoms with E-state index in [-0.39, 0.29) is 12.7 Å². The van der Waals surface area contributed by atoms with Gasteiger partial charge in [-0.1, -0.05) is 0 Å². The normalized spacial score (nSPS) is 19.1. The third-order valence-electron chi connectivity index (χ3n) is 3.09. The van der Waals surface area contributed by atoms with Gasteiger partial charge >= 0.3 is 5.97 Å². The Labute approximate surface area is 106 Å². The number of ether oxygens (including phenoxy) is 2. The Morgan fingerprint density at radius 2 is 2.44 bits per heavy atom. The number of nitrogen functional groups attached to an aromatic ring is 1. The number of nitrogens with two attached hydrogens (primary N) is 1. The highest BCUT2D eigenvalue weighted by molar-refractivity contribution is 5.93. The number of aryl methyl sites for hydroxylation is 2. The third kappa shape index (κ3) is 2.48. The number of hydrogen-bond acceptors (Lipinski definition) is 5. The largest absolute Gasteiger partial charge is 0.458 e. The molecule has 1 saturated heterocycles. The fourth-order valence-corrected chi connectivity index (χ4v) is 2.05. The summed E-state index contributed by atoms with van der Waals surface area (Å²) >= 11 is 0. The predicted molar refractivity (Wildman–Crippen MR) is 66.3 cm³/mol. The van der Waals surface area contributed by atoms with E-state index in [1.165, 1.54) is 0 Å². The van der Waals surface area contributed by atoms with Crippen LogP contribution < -0.4 is 5.73 Å². The first-order valence-electron chi connectivity index (χ1n) is 6.25. The molecule has 0 spiro atoms. The Hall–Kier alpha value is -1.56. The molecule has 0 aliphatic carbocycles. The first kappa shape index (κ1) is 12.9. The lowest BCUT2D eigenvalue weighted by Gasteiger charge is -2.11. The van der Waals surface area contributed by atoms with E-state index < -0.39 is 5.97 Å². The molecule has 2 heterocycles. The summed E-state index contributed by atoms with van der Waals surface area (Å²) in [6.07, 6.45) is 1.99. The summed E-state index contributed by atoms with van der Waals surface area (Å²) in [6, 6.07) is 0. The minimum Gasteiger partial charge on any atom is -0.458 e. The van der Waals surface area contributed by atoms with Crippen LogP contribution in [0.4, 0.5) is 5.69 Å². The van der Waals surface area contributed by atoms with E-state index in [1.807, 2.05) is 6.92 Å². The van der Waals surface area contributed by atoms with Crippen molar-refractivity contribution in [3.8, 4) is 0 Å². The zero-order valence-electron chi connectivity index (χ0n) is 10.8. The minimum absolute atomic E-state index is 0.0225. The molecule has 2 rings (SSSR count). The van der Waals surface area contributed by atoms with Crippen LogP contribution >= 0.6 is 0 Å². The average molecular weight is 253 g/mol. The Morgan fingerprint density at radius 3 is 3.06 bits per heavy atom. The maximum atomic E-state index is 12.0. The lowest BCUT2D eigenvalue weighted by molar-refractivity contribution is 0.0152. The van der Waals surface area contributed by atoms with Gasteiger partial charge in [-0.25, -0.2) is 4.79 Å². The van der Waals surface area contributed by atoms with Gasteiger partial charge < -0.3 is 15.2 Å². The van der Waals surface area contributed by atoms with Crippen LogP contribution in [0, 0.1) is 6.92 Å². The molecule has 1 unspecified atom stereocenters. The fourth-order valence-electron chi connectivity index (χ4n) is 2.05. The fraction of sp³-hybridized carbons (Fsp3) is 0.667. The molecule has 0 radical (unpaired) electrons. The standard InChI is InChI=1S/C12H19N3O3/c1-3-15-11(10(13)8(2)14-15)12(16)18-7-9-5-4-6-17-9/h9H,3-7,13H2,1-2H3. The highest BCUT2D eigenvalue weighted by Crippen LogP contribution is 2.18. The van der Waals surface area contributed by atoms with E-state index in [4.69, 9.17) is 15.2 Å². The van der Waals surface area contributed by atoms with Crippen LogP contribution in [0.3, 0.4) is 0 Å². The van der Waals surface area contributed by atoms with Gasteiger partial charge in [0.25, 0.3) is 0 Å². The smallest absolute Gasteiger partial charge is 0.358 e. The van der Waals surface area contributed by atoms with E-state index in [9.17, 15) is 4.79 Å². The Morgan fingerprint density at radius 1 is 1.67 bits per heavy atom. The molecule has 1 aromatic heterocycles. The van der Waals surface area contributed by atoms with Gasteiger partial charge in [0.1, 0.15) is 6.61 Å². The van der Waals surface area contributed by atoms with Crippen molar-refractivity contribution in [2.75, 3.05) is 18.9 Å². The number of carbonyl (C=O) groups excluding carboxylic acids is 1. The Bertz CT molecular complexity index is 436. The highest BCUT2D eigenvalue weighted by atomic mass is 16.6. The number of anilines is 1. The first-order chi connectivity index (χ1) is 8.63. The molecule has 0 aromatic carbocycles.